The molecule has 0 radical (unpaired) electrons. The molecule has 1 aromatic carbocycles. The lowest BCUT2D eigenvalue weighted by atomic mass is 9.95. The molecule has 7 heteroatoms. The summed E-state index contributed by atoms with van der Waals surface area (Å²) in [7, 11) is 0. The van der Waals surface area contributed by atoms with Crippen molar-refractivity contribution in [3.8, 4) is 0 Å². The van der Waals surface area contributed by atoms with Crippen LogP contribution in [0.4, 0.5) is 0 Å². The lowest BCUT2D eigenvalue weighted by Gasteiger charge is -2.17. The third-order valence-corrected chi connectivity index (χ3v) is 4.23. The molecular weight excluding hydrogens is 379 g/mol. The zero-order chi connectivity index (χ0) is 15.6. The van der Waals surface area contributed by atoms with Crippen molar-refractivity contribution in [1.29, 1.82) is 0 Å². The first-order valence-corrected chi connectivity index (χ1v) is 7.50. The Kier molecular flexibility index (Phi) is 5.22. The fourth-order valence-electron chi connectivity index (χ4n) is 1.99. The molecule has 1 amide bonds. The number of rotatable bonds is 4. The molecule has 4 nitrogen and oxygen atoms in total. The minimum absolute atomic E-state index is 0.0129. The summed E-state index contributed by atoms with van der Waals surface area (Å²) < 4.78 is 0.913. The lowest BCUT2D eigenvalue weighted by Crippen LogP contribution is -2.16. The Morgan fingerprint density at radius 1 is 1.33 bits per heavy atom. The average Bonchev–Trinajstić information content (AvgIpc) is 2.43. The van der Waals surface area contributed by atoms with Crippen LogP contribution in [0.5, 0.6) is 0 Å². The van der Waals surface area contributed by atoms with Gasteiger partial charge in [0.25, 0.3) is 5.91 Å². The summed E-state index contributed by atoms with van der Waals surface area (Å²) in [5.74, 6) is -1.21. The highest BCUT2D eigenvalue weighted by molar-refractivity contribution is 9.10. The van der Waals surface area contributed by atoms with Crippen molar-refractivity contribution < 1.29 is 9.90 Å². The van der Waals surface area contributed by atoms with E-state index in [4.69, 9.17) is 28.9 Å². The van der Waals surface area contributed by atoms with Gasteiger partial charge in [-0.05, 0) is 17.7 Å². The number of pyridine rings is 1. The van der Waals surface area contributed by atoms with Crippen molar-refractivity contribution in [1.82, 2.24) is 4.98 Å². The maximum atomic E-state index is 11.4. The topological polar surface area (TPSA) is 76.2 Å². The zero-order valence-electron chi connectivity index (χ0n) is 10.7. The SMILES string of the molecule is NC(=O)c1c(Cl)cnc(C(CO)c2ccc(Br)cc2)c1Cl. The van der Waals surface area contributed by atoms with E-state index in [0.717, 1.165) is 10.0 Å². The van der Waals surface area contributed by atoms with Gasteiger partial charge < -0.3 is 10.8 Å². The first-order chi connectivity index (χ1) is 9.95. The number of nitrogens with two attached hydrogens (primary N) is 1. The summed E-state index contributed by atoms with van der Waals surface area (Å²) in [6, 6.07) is 7.36. The second-order valence-corrected chi connectivity index (χ2v) is 6.03. The molecule has 3 N–H and O–H groups in total. The number of amides is 1. The molecule has 1 aromatic heterocycles. The molecule has 1 heterocycles. The van der Waals surface area contributed by atoms with Gasteiger partial charge in [0.2, 0.25) is 0 Å². The Morgan fingerprint density at radius 2 is 1.95 bits per heavy atom. The fourth-order valence-corrected chi connectivity index (χ4v) is 2.92. The first kappa shape index (κ1) is 16.2. The molecular formula is C14H11BrCl2N2O2. The predicted molar refractivity (Wildman–Crippen MR) is 85.8 cm³/mol. The molecule has 110 valence electrons. The average molecular weight is 390 g/mol. The second-order valence-electron chi connectivity index (χ2n) is 4.33. The Labute approximate surface area is 140 Å². The lowest BCUT2D eigenvalue weighted by molar-refractivity contribution is 0.1000. The number of aliphatic hydroxyl groups excluding tert-OH is 1. The molecule has 0 spiro atoms. The van der Waals surface area contributed by atoms with Crippen molar-refractivity contribution in [3.05, 3.63) is 61.8 Å². The molecule has 0 aliphatic carbocycles. The molecule has 0 aliphatic heterocycles. The van der Waals surface area contributed by atoms with Crippen LogP contribution in [0.2, 0.25) is 10.0 Å². The Morgan fingerprint density at radius 3 is 2.48 bits per heavy atom. The number of benzene rings is 1. The van der Waals surface area contributed by atoms with Crippen molar-refractivity contribution in [2.24, 2.45) is 5.73 Å². The number of nitrogens with zero attached hydrogens (tertiary/aromatic N) is 1. The van der Waals surface area contributed by atoms with Crippen LogP contribution < -0.4 is 5.73 Å². The van der Waals surface area contributed by atoms with E-state index in [9.17, 15) is 9.90 Å². The van der Waals surface area contributed by atoms with Crippen molar-refractivity contribution in [3.63, 3.8) is 0 Å². The van der Waals surface area contributed by atoms with Gasteiger partial charge in [0.15, 0.2) is 0 Å². The molecule has 0 aliphatic rings. The summed E-state index contributed by atoms with van der Waals surface area (Å²) in [6.45, 7) is -0.214. The van der Waals surface area contributed by atoms with Gasteiger partial charge in [-0.15, -0.1) is 0 Å². The third kappa shape index (κ3) is 3.37. The van der Waals surface area contributed by atoms with Crippen molar-refractivity contribution in [2.75, 3.05) is 6.61 Å². The summed E-state index contributed by atoms with van der Waals surface area (Å²) in [4.78, 5) is 15.6. The quantitative estimate of drug-likeness (QED) is 0.841. The van der Waals surface area contributed by atoms with Gasteiger partial charge in [0, 0.05) is 10.7 Å². The van der Waals surface area contributed by atoms with Crippen LogP contribution in [-0.2, 0) is 0 Å². The van der Waals surface area contributed by atoms with Crippen LogP contribution in [0.3, 0.4) is 0 Å². The van der Waals surface area contributed by atoms with Gasteiger partial charge in [-0.1, -0.05) is 51.3 Å². The van der Waals surface area contributed by atoms with Gasteiger partial charge in [-0.3, -0.25) is 9.78 Å². The van der Waals surface area contributed by atoms with E-state index in [2.05, 4.69) is 20.9 Å². The summed E-state index contributed by atoms with van der Waals surface area (Å²) >= 11 is 15.4. The minimum atomic E-state index is -0.735. The molecule has 1 unspecified atom stereocenters. The Hall–Kier alpha value is -1.14. The Balaban J connectivity index is 2.55. The zero-order valence-corrected chi connectivity index (χ0v) is 13.8. The summed E-state index contributed by atoms with van der Waals surface area (Å²) in [6.07, 6.45) is 1.31. The molecule has 2 aromatic rings. The maximum Gasteiger partial charge on any atom is 0.251 e. The smallest absolute Gasteiger partial charge is 0.251 e. The van der Waals surface area contributed by atoms with Crippen LogP contribution in [-0.4, -0.2) is 22.6 Å². The van der Waals surface area contributed by atoms with E-state index < -0.39 is 11.8 Å². The summed E-state index contributed by atoms with van der Waals surface area (Å²) in [5, 5.41) is 9.82. The molecule has 0 fully saturated rings. The first-order valence-electron chi connectivity index (χ1n) is 5.95. The van der Waals surface area contributed by atoms with Gasteiger partial charge in [0.05, 0.1) is 33.8 Å². The molecule has 0 bridgehead atoms. The van der Waals surface area contributed by atoms with E-state index in [1.807, 2.05) is 24.3 Å². The highest BCUT2D eigenvalue weighted by Crippen LogP contribution is 2.33. The van der Waals surface area contributed by atoms with Gasteiger partial charge >= 0.3 is 0 Å². The number of halogens is 3. The van der Waals surface area contributed by atoms with Crippen molar-refractivity contribution in [2.45, 2.75) is 5.92 Å². The fraction of sp³-hybridized carbons (Fsp3) is 0.143. The number of primary amides is 1. The molecule has 21 heavy (non-hydrogen) atoms. The number of aliphatic hydroxyl groups is 1. The highest BCUT2D eigenvalue weighted by atomic mass is 79.9. The number of hydrogen-bond donors (Lipinski definition) is 2. The molecule has 2 rings (SSSR count). The van der Waals surface area contributed by atoms with E-state index in [-0.39, 0.29) is 22.2 Å². The van der Waals surface area contributed by atoms with Gasteiger partial charge in [-0.2, -0.15) is 0 Å². The largest absolute Gasteiger partial charge is 0.395 e. The highest BCUT2D eigenvalue weighted by Gasteiger charge is 2.23. The van der Waals surface area contributed by atoms with Crippen LogP contribution in [0.1, 0.15) is 27.5 Å². The van der Waals surface area contributed by atoms with E-state index in [0.29, 0.717) is 5.69 Å². The van der Waals surface area contributed by atoms with E-state index in [1.54, 1.807) is 0 Å². The summed E-state index contributed by atoms with van der Waals surface area (Å²) in [5.41, 5.74) is 6.47. The van der Waals surface area contributed by atoms with Crippen LogP contribution in [0.25, 0.3) is 0 Å². The van der Waals surface area contributed by atoms with E-state index >= 15 is 0 Å². The number of carbonyl (C=O) groups excluding carboxylic acids is 1. The molecule has 1 atom stereocenters. The number of aromatic nitrogens is 1. The van der Waals surface area contributed by atoms with Gasteiger partial charge in [0.1, 0.15) is 0 Å². The third-order valence-electron chi connectivity index (χ3n) is 3.03. The van der Waals surface area contributed by atoms with E-state index in [1.165, 1.54) is 6.20 Å². The molecule has 0 saturated heterocycles. The van der Waals surface area contributed by atoms with Crippen LogP contribution in [0.15, 0.2) is 34.9 Å². The van der Waals surface area contributed by atoms with Crippen molar-refractivity contribution >= 4 is 45.0 Å². The number of hydrogen-bond acceptors (Lipinski definition) is 3. The predicted octanol–water partition coefficient (Wildman–Crippen LogP) is 3.37. The minimum Gasteiger partial charge on any atom is -0.395 e. The Bertz CT molecular complexity index is 677. The molecule has 0 saturated carbocycles. The normalized spacial score (nSPS) is 12.2. The van der Waals surface area contributed by atoms with Crippen LogP contribution in [0, 0.1) is 0 Å². The maximum absolute atomic E-state index is 11.4. The van der Waals surface area contributed by atoms with Gasteiger partial charge in [-0.25, -0.2) is 0 Å². The standard InChI is InChI=1S/C14H11BrCl2N2O2/c15-8-3-1-7(2-4-8)9(6-20)13-12(17)11(14(18)21)10(16)5-19-13/h1-5,9,20H,6H2,(H2,18,21). The second kappa shape index (κ2) is 6.75. The number of carbonyl (C=O) groups is 1. The van der Waals surface area contributed by atoms with Crippen LogP contribution >= 0.6 is 39.1 Å². The monoisotopic (exact) mass is 388 g/mol.